The zero-order valence-corrected chi connectivity index (χ0v) is 9.28. The lowest BCUT2D eigenvalue weighted by atomic mass is 10.0. The van der Waals surface area contributed by atoms with Gasteiger partial charge in [0.05, 0.1) is 0 Å². The summed E-state index contributed by atoms with van der Waals surface area (Å²) in [5.74, 6) is 0. The van der Waals surface area contributed by atoms with E-state index in [1.807, 2.05) is 0 Å². The van der Waals surface area contributed by atoms with E-state index in [4.69, 9.17) is 0 Å². The molecule has 0 radical (unpaired) electrons. The highest BCUT2D eigenvalue weighted by molar-refractivity contribution is 5.63. The molecule has 0 spiro atoms. The molecule has 80 valence electrons. The van der Waals surface area contributed by atoms with Gasteiger partial charge in [0.15, 0.2) is 0 Å². The third-order valence-electron chi connectivity index (χ3n) is 3.11. The molecule has 0 amide bonds. The maximum absolute atomic E-state index is 4.16. The Morgan fingerprint density at radius 3 is 2.47 bits per heavy atom. The predicted octanol–water partition coefficient (Wildman–Crippen LogP) is 3.19. The van der Waals surface area contributed by atoms with Crippen molar-refractivity contribution < 1.29 is 0 Å². The highest BCUT2D eigenvalue weighted by atomic mass is 15.1. The minimum atomic E-state index is 1.10. The van der Waals surface area contributed by atoms with Gasteiger partial charge in [-0.15, -0.1) is 0 Å². The predicted molar refractivity (Wildman–Crippen MR) is 65.8 cm³/mol. The number of benzene rings is 1. The Balaban J connectivity index is 1.82. The lowest BCUT2D eigenvalue weighted by Crippen LogP contribution is -2.20. The van der Waals surface area contributed by atoms with E-state index in [1.54, 1.807) is 0 Å². The maximum Gasteiger partial charge on any atom is 0.00218 e. The van der Waals surface area contributed by atoms with Crippen LogP contribution in [-0.2, 0) is 0 Å². The monoisotopic (exact) mass is 201 g/mol. The highest BCUT2D eigenvalue weighted by Gasteiger charge is 2.11. The summed E-state index contributed by atoms with van der Waals surface area (Å²) in [6.45, 7) is 7.89. The Bertz CT molecular complexity index is 309. The summed E-state index contributed by atoms with van der Waals surface area (Å²) in [6.07, 6.45) is 3.85. The van der Waals surface area contributed by atoms with Crippen molar-refractivity contribution in [3.8, 4) is 0 Å². The van der Waals surface area contributed by atoms with Crippen LogP contribution in [0, 0.1) is 0 Å². The zero-order chi connectivity index (χ0) is 10.5. The van der Waals surface area contributed by atoms with Crippen molar-refractivity contribution in [2.45, 2.75) is 19.3 Å². The molecule has 1 heteroatoms. The summed E-state index contributed by atoms with van der Waals surface area (Å²) in [5.41, 5.74) is 2.55. The van der Waals surface area contributed by atoms with Gasteiger partial charge in [0.25, 0.3) is 0 Å². The molecule has 0 aliphatic carbocycles. The zero-order valence-electron chi connectivity index (χ0n) is 9.28. The molecule has 1 fully saturated rings. The van der Waals surface area contributed by atoms with E-state index < -0.39 is 0 Å². The second kappa shape index (κ2) is 5.13. The number of hydrogen-bond donors (Lipinski definition) is 0. The minimum Gasteiger partial charge on any atom is -0.303 e. The fraction of sp³-hybridized carbons (Fsp3) is 0.429. The van der Waals surface area contributed by atoms with Crippen molar-refractivity contribution >= 4 is 5.57 Å². The first-order valence-corrected chi connectivity index (χ1v) is 5.82. The first kappa shape index (κ1) is 10.4. The van der Waals surface area contributed by atoms with Crippen molar-refractivity contribution in [2.24, 2.45) is 0 Å². The van der Waals surface area contributed by atoms with Gasteiger partial charge in [-0.1, -0.05) is 36.9 Å². The number of rotatable bonds is 4. The molecular formula is C14H19N. The Morgan fingerprint density at radius 2 is 1.80 bits per heavy atom. The minimum absolute atomic E-state index is 1.10. The van der Waals surface area contributed by atoms with E-state index in [-0.39, 0.29) is 0 Å². The summed E-state index contributed by atoms with van der Waals surface area (Å²) >= 11 is 0. The Labute approximate surface area is 92.4 Å². The molecule has 2 rings (SSSR count). The molecule has 0 saturated carbocycles. The summed E-state index contributed by atoms with van der Waals surface area (Å²) in [6, 6.07) is 10.5. The normalized spacial score (nSPS) is 16.8. The summed E-state index contributed by atoms with van der Waals surface area (Å²) in [5, 5.41) is 0. The molecule has 0 N–H and O–H groups in total. The van der Waals surface area contributed by atoms with Crippen molar-refractivity contribution in [3.05, 3.63) is 42.5 Å². The Morgan fingerprint density at radius 1 is 1.13 bits per heavy atom. The molecule has 15 heavy (non-hydrogen) atoms. The van der Waals surface area contributed by atoms with E-state index in [9.17, 15) is 0 Å². The third-order valence-corrected chi connectivity index (χ3v) is 3.11. The van der Waals surface area contributed by atoms with Crippen LogP contribution in [0.5, 0.6) is 0 Å². The lowest BCUT2D eigenvalue weighted by Gasteiger charge is -2.15. The van der Waals surface area contributed by atoms with Gasteiger partial charge < -0.3 is 4.90 Å². The van der Waals surface area contributed by atoms with Crippen LogP contribution in [0.4, 0.5) is 0 Å². The fourth-order valence-electron chi connectivity index (χ4n) is 2.12. The van der Waals surface area contributed by atoms with Crippen molar-refractivity contribution in [1.82, 2.24) is 4.90 Å². The van der Waals surface area contributed by atoms with Crippen LogP contribution in [-0.4, -0.2) is 24.5 Å². The van der Waals surface area contributed by atoms with E-state index in [0.717, 1.165) is 6.42 Å². The molecule has 1 aromatic carbocycles. The van der Waals surface area contributed by atoms with Crippen LogP contribution >= 0.6 is 0 Å². The van der Waals surface area contributed by atoms with Gasteiger partial charge in [-0.05, 0) is 43.5 Å². The van der Waals surface area contributed by atoms with E-state index >= 15 is 0 Å². The number of nitrogens with zero attached hydrogens (tertiary/aromatic N) is 1. The molecule has 1 heterocycles. The molecule has 1 aromatic rings. The third kappa shape index (κ3) is 2.93. The van der Waals surface area contributed by atoms with Crippen molar-refractivity contribution in [3.63, 3.8) is 0 Å². The smallest absolute Gasteiger partial charge is 0.00218 e. The van der Waals surface area contributed by atoms with Gasteiger partial charge in [-0.3, -0.25) is 0 Å². The van der Waals surface area contributed by atoms with Gasteiger partial charge in [0.1, 0.15) is 0 Å². The molecule has 1 saturated heterocycles. The van der Waals surface area contributed by atoms with E-state index in [1.165, 1.54) is 43.6 Å². The fourth-order valence-corrected chi connectivity index (χ4v) is 2.12. The SMILES string of the molecule is C=C(CCN1CCCC1)c1ccccc1. The van der Waals surface area contributed by atoms with Gasteiger partial charge >= 0.3 is 0 Å². The van der Waals surface area contributed by atoms with Gasteiger partial charge in [0.2, 0.25) is 0 Å². The van der Waals surface area contributed by atoms with E-state index in [0.29, 0.717) is 0 Å². The Hall–Kier alpha value is -1.08. The molecule has 0 bridgehead atoms. The average Bonchev–Trinajstić information content (AvgIpc) is 2.80. The molecule has 1 nitrogen and oxygen atoms in total. The number of likely N-dealkylation sites (tertiary alicyclic amines) is 1. The van der Waals surface area contributed by atoms with E-state index in [2.05, 4.69) is 41.8 Å². The van der Waals surface area contributed by atoms with Crippen LogP contribution in [0.25, 0.3) is 5.57 Å². The van der Waals surface area contributed by atoms with Crippen LogP contribution in [0.2, 0.25) is 0 Å². The highest BCUT2D eigenvalue weighted by Crippen LogP contribution is 2.17. The quantitative estimate of drug-likeness (QED) is 0.723. The largest absolute Gasteiger partial charge is 0.303 e. The first-order valence-electron chi connectivity index (χ1n) is 5.82. The maximum atomic E-state index is 4.16. The van der Waals surface area contributed by atoms with Gasteiger partial charge in [-0.2, -0.15) is 0 Å². The molecule has 0 atom stereocenters. The van der Waals surface area contributed by atoms with Crippen molar-refractivity contribution in [2.75, 3.05) is 19.6 Å². The van der Waals surface area contributed by atoms with Gasteiger partial charge in [0, 0.05) is 6.54 Å². The number of hydrogen-bond acceptors (Lipinski definition) is 1. The molecule has 1 aliphatic rings. The van der Waals surface area contributed by atoms with Crippen LogP contribution in [0.15, 0.2) is 36.9 Å². The molecule has 0 unspecified atom stereocenters. The van der Waals surface area contributed by atoms with Crippen LogP contribution in [0.3, 0.4) is 0 Å². The standard InChI is InChI=1S/C14H19N/c1-13(14-7-3-2-4-8-14)9-12-15-10-5-6-11-15/h2-4,7-8H,1,5-6,9-12H2. The molecule has 1 aliphatic heterocycles. The molecular weight excluding hydrogens is 182 g/mol. The van der Waals surface area contributed by atoms with Crippen molar-refractivity contribution in [1.29, 1.82) is 0 Å². The van der Waals surface area contributed by atoms with Crippen LogP contribution in [0.1, 0.15) is 24.8 Å². The topological polar surface area (TPSA) is 3.24 Å². The van der Waals surface area contributed by atoms with Crippen LogP contribution < -0.4 is 0 Å². The second-order valence-electron chi connectivity index (χ2n) is 4.27. The second-order valence-corrected chi connectivity index (χ2v) is 4.27. The Kier molecular flexibility index (Phi) is 3.57. The average molecular weight is 201 g/mol. The summed E-state index contributed by atoms with van der Waals surface area (Å²) in [7, 11) is 0. The first-order chi connectivity index (χ1) is 7.36. The summed E-state index contributed by atoms with van der Waals surface area (Å²) in [4.78, 5) is 2.54. The molecule has 0 aromatic heterocycles. The lowest BCUT2D eigenvalue weighted by molar-refractivity contribution is 0.348. The van der Waals surface area contributed by atoms with Gasteiger partial charge in [-0.25, -0.2) is 0 Å². The summed E-state index contributed by atoms with van der Waals surface area (Å²) < 4.78 is 0.